The number of ketones is 1. The van der Waals surface area contributed by atoms with Crippen LogP contribution in [0.5, 0.6) is 0 Å². The molecule has 0 bridgehead atoms. The smallest absolute Gasteiger partial charge is 0.201 e. The normalized spacial score (nSPS) is 12.2. The molecular weight excluding hydrogens is 264 g/mol. The lowest BCUT2D eigenvalue weighted by molar-refractivity contribution is 0.0738. The minimum Gasteiger partial charge on any atom is -0.396 e. The summed E-state index contributed by atoms with van der Waals surface area (Å²) in [6.45, 7) is 1.43. The maximum atomic E-state index is 14.0. The van der Waals surface area contributed by atoms with Crippen LogP contribution in [-0.4, -0.2) is 10.9 Å². The number of carbonyl (C=O) groups excluding carboxylic acids is 1. The predicted molar refractivity (Wildman–Crippen MR) is 71.2 cm³/mol. The quantitative estimate of drug-likeness (QED) is 0.670. The van der Waals surface area contributed by atoms with Gasteiger partial charge in [0.1, 0.15) is 11.9 Å². The van der Waals surface area contributed by atoms with E-state index in [1.807, 2.05) is 0 Å². The zero-order valence-electron chi connectivity index (χ0n) is 10.7. The van der Waals surface area contributed by atoms with Crippen molar-refractivity contribution >= 4 is 11.5 Å². The van der Waals surface area contributed by atoms with Crippen LogP contribution in [-0.2, 0) is 0 Å². The fraction of sp³-hybridized carbons (Fsp3) is 0.133. The SMILES string of the molecule is Cc1cc(F)c(C(=O)C(O)c2ccccc2)c(F)c1N. The van der Waals surface area contributed by atoms with Crippen LogP contribution in [0.25, 0.3) is 0 Å². The number of nitrogen functional groups attached to an aromatic ring is 1. The van der Waals surface area contributed by atoms with E-state index in [1.165, 1.54) is 19.1 Å². The summed E-state index contributed by atoms with van der Waals surface area (Å²) in [5, 5.41) is 9.93. The summed E-state index contributed by atoms with van der Waals surface area (Å²) < 4.78 is 27.7. The average Bonchev–Trinajstić information content (AvgIpc) is 2.45. The van der Waals surface area contributed by atoms with Gasteiger partial charge < -0.3 is 10.8 Å². The van der Waals surface area contributed by atoms with Crippen molar-refractivity contribution in [3.63, 3.8) is 0 Å². The summed E-state index contributed by atoms with van der Waals surface area (Å²) in [7, 11) is 0. The van der Waals surface area contributed by atoms with E-state index < -0.39 is 29.1 Å². The summed E-state index contributed by atoms with van der Waals surface area (Å²) in [5.41, 5.74) is 4.80. The van der Waals surface area contributed by atoms with Gasteiger partial charge in [-0.25, -0.2) is 8.78 Å². The van der Waals surface area contributed by atoms with E-state index in [4.69, 9.17) is 5.73 Å². The molecule has 2 rings (SSSR count). The van der Waals surface area contributed by atoms with Crippen molar-refractivity contribution in [2.24, 2.45) is 0 Å². The molecule has 0 aliphatic heterocycles. The molecule has 0 aliphatic rings. The standard InChI is InChI=1S/C15H13F2NO2/c1-8-7-10(16)11(12(17)13(8)18)15(20)14(19)9-5-3-2-4-6-9/h2-7,14,19H,18H2,1H3. The molecule has 1 unspecified atom stereocenters. The second-order valence-corrected chi connectivity index (χ2v) is 4.46. The number of rotatable bonds is 3. The number of aliphatic hydroxyl groups is 1. The van der Waals surface area contributed by atoms with E-state index in [0.29, 0.717) is 0 Å². The first kappa shape index (κ1) is 14.1. The number of hydrogen-bond donors (Lipinski definition) is 2. The Balaban J connectivity index is 2.47. The third-order valence-electron chi connectivity index (χ3n) is 3.07. The van der Waals surface area contributed by atoms with Crippen LogP contribution in [0.3, 0.4) is 0 Å². The van der Waals surface area contributed by atoms with Gasteiger partial charge in [-0.1, -0.05) is 30.3 Å². The fourth-order valence-electron chi connectivity index (χ4n) is 1.90. The molecule has 2 aromatic carbocycles. The van der Waals surface area contributed by atoms with Crippen molar-refractivity contribution < 1.29 is 18.7 Å². The maximum Gasteiger partial charge on any atom is 0.201 e. The van der Waals surface area contributed by atoms with Crippen LogP contribution < -0.4 is 5.73 Å². The van der Waals surface area contributed by atoms with E-state index in [9.17, 15) is 18.7 Å². The lowest BCUT2D eigenvalue weighted by Crippen LogP contribution is -2.17. The van der Waals surface area contributed by atoms with Crippen molar-refractivity contribution in [2.45, 2.75) is 13.0 Å². The zero-order valence-corrected chi connectivity index (χ0v) is 10.7. The lowest BCUT2D eigenvalue weighted by Gasteiger charge is -2.13. The van der Waals surface area contributed by atoms with E-state index in [2.05, 4.69) is 0 Å². The molecule has 0 heterocycles. The van der Waals surface area contributed by atoms with E-state index in [0.717, 1.165) is 6.07 Å². The highest BCUT2D eigenvalue weighted by Crippen LogP contribution is 2.27. The molecule has 0 radical (unpaired) electrons. The Kier molecular flexibility index (Phi) is 3.81. The molecule has 0 aliphatic carbocycles. The molecule has 0 fully saturated rings. The molecule has 1 atom stereocenters. The minimum absolute atomic E-state index is 0.200. The van der Waals surface area contributed by atoms with Crippen molar-refractivity contribution in [1.82, 2.24) is 0 Å². The topological polar surface area (TPSA) is 63.3 Å². The van der Waals surface area contributed by atoms with Crippen LogP contribution >= 0.6 is 0 Å². The molecule has 20 heavy (non-hydrogen) atoms. The van der Waals surface area contributed by atoms with Crippen LogP contribution in [0.1, 0.15) is 27.6 Å². The van der Waals surface area contributed by atoms with Gasteiger partial charge >= 0.3 is 0 Å². The predicted octanol–water partition coefficient (Wildman–Crippen LogP) is 2.77. The lowest BCUT2D eigenvalue weighted by atomic mass is 9.97. The summed E-state index contributed by atoms with van der Waals surface area (Å²) >= 11 is 0. The molecule has 3 N–H and O–H groups in total. The Hall–Kier alpha value is -2.27. The molecule has 0 amide bonds. The summed E-state index contributed by atoms with van der Waals surface area (Å²) in [6.07, 6.45) is -1.64. The minimum atomic E-state index is -1.64. The fourth-order valence-corrected chi connectivity index (χ4v) is 1.90. The van der Waals surface area contributed by atoms with E-state index in [-0.39, 0.29) is 16.8 Å². The maximum absolute atomic E-state index is 14.0. The third kappa shape index (κ3) is 2.40. The van der Waals surface area contributed by atoms with Gasteiger partial charge in [0.2, 0.25) is 5.78 Å². The number of anilines is 1. The van der Waals surface area contributed by atoms with Gasteiger partial charge in [-0.15, -0.1) is 0 Å². The van der Waals surface area contributed by atoms with Gasteiger partial charge in [-0.3, -0.25) is 4.79 Å². The third-order valence-corrected chi connectivity index (χ3v) is 3.07. The summed E-state index contributed by atoms with van der Waals surface area (Å²) in [5.74, 6) is -3.23. The summed E-state index contributed by atoms with van der Waals surface area (Å²) in [6, 6.07) is 8.89. The van der Waals surface area contributed by atoms with Crippen molar-refractivity contribution in [3.05, 3.63) is 64.7 Å². The van der Waals surface area contributed by atoms with Gasteiger partial charge in [0.05, 0.1) is 11.3 Å². The van der Waals surface area contributed by atoms with Crippen LogP contribution in [0.2, 0.25) is 0 Å². The van der Waals surface area contributed by atoms with Gasteiger partial charge in [0.25, 0.3) is 0 Å². The molecule has 0 saturated carbocycles. The first-order chi connectivity index (χ1) is 9.43. The number of Topliss-reactive ketones (excluding diaryl/α,β-unsaturated/α-hetero) is 1. The number of halogens is 2. The number of hydrogen-bond acceptors (Lipinski definition) is 3. The number of aryl methyl sites for hydroxylation is 1. The Morgan fingerprint density at radius 3 is 2.45 bits per heavy atom. The number of nitrogens with two attached hydrogens (primary N) is 1. The highest BCUT2D eigenvalue weighted by Gasteiger charge is 2.27. The molecule has 3 nitrogen and oxygen atoms in total. The molecule has 5 heteroatoms. The van der Waals surface area contributed by atoms with Crippen molar-refractivity contribution in [1.29, 1.82) is 0 Å². The van der Waals surface area contributed by atoms with Crippen LogP contribution in [0, 0.1) is 18.6 Å². The number of carbonyl (C=O) groups is 1. The van der Waals surface area contributed by atoms with Gasteiger partial charge in [-0.2, -0.15) is 0 Å². The van der Waals surface area contributed by atoms with Crippen LogP contribution in [0.4, 0.5) is 14.5 Å². The first-order valence-corrected chi connectivity index (χ1v) is 5.94. The first-order valence-electron chi connectivity index (χ1n) is 5.94. The van der Waals surface area contributed by atoms with Crippen LogP contribution in [0.15, 0.2) is 36.4 Å². The van der Waals surface area contributed by atoms with E-state index in [1.54, 1.807) is 18.2 Å². The Morgan fingerprint density at radius 2 is 1.85 bits per heavy atom. The molecule has 0 spiro atoms. The Labute approximate surface area is 114 Å². The molecule has 2 aromatic rings. The highest BCUT2D eigenvalue weighted by atomic mass is 19.1. The molecule has 0 saturated heterocycles. The molecule has 104 valence electrons. The highest BCUT2D eigenvalue weighted by molar-refractivity contribution is 6.01. The van der Waals surface area contributed by atoms with Gasteiger partial charge in [0.15, 0.2) is 5.82 Å². The zero-order chi connectivity index (χ0) is 14.9. The molecular formula is C15H13F2NO2. The largest absolute Gasteiger partial charge is 0.396 e. The Bertz CT molecular complexity index is 657. The number of aliphatic hydroxyl groups excluding tert-OH is 1. The Morgan fingerprint density at radius 1 is 1.25 bits per heavy atom. The second-order valence-electron chi connectivity index (χ2n) is 4.46. The molecule has 0 aromatic heterocycles. The van der Waals surface area contributed by atoms with Crippen molar-refractivity contribution in [3.8, 4) is 0 Å². The van der Waals surface area contributed by atoms with Gasteiger partial charge in [0, 0.05) is 0 Å². The number of benzene rings is 2. The van der Waals surface area contributed by atoms with Crippen molar-refractivity contribution in [2.75, 3.05) is 5.73 Å². The van der Waals surface area contributed by atoms with Gasteiger partial charge in [-0.05, 0) is 24.1 Å². The summed E-state index contributed by atoms with van der Waals surface area (Å²) in [4.78, 5) is 12.1. The monoisotopic (exact) mass is 277 g/mol. The second kappa shape index (κ2) is 5.38. The van der Waals surface area contributed by atoms with E-state index >= 15 is 0 Å². The average molecular weight is 277 g/mol.